The van der Waals surface area contributed by atoms with E-state index in [9.17, 15) is 14.3 Å². The lowest BCUT2D eigenvalue weighted by Crippen LogP contribution is -2.26. The molecule has 0 spiro atoms. The predicted molar refractivity (Wildman–Crippen MR) is 98.2 cm³/mol. The number of carbonyl (C=O) groups is 1. The second-order valence-electron chi connectivity index (χ2n) is 5.74. The van der Waals surface area contributed by atoms with Crippen molar-refractivity contribution in [1.82, 2.24) is 15.0 Å². The third-order valence-corrected chi connectivity index (χ3v) is 4.51. The van der Waals surface area contributed by atoms with Crippen molar-refractivity contribution >= 4 is 40.8 Å². The summed E-state index contributed by atoms with van der Waals surface area (Å²) in [7, 11) is 0. The van der Waals surface area contributed by atoms with Gasteiger partial charge in [-0.05, 0) is 30.3 Å². The zero-order chi connectivity index (χ0) is 19.4. The molecule has 0 unspecified atom stereocenters. The van der Waals surface area contributed by atoms with Crippen molar-refractivity contribution in [1.29, 1.82) is 0 Å². The summed E-state index contributed by atoms with van der Waals surface area (Å²) < 4.78 is 13.8. The lowest BCUT2D eigenvalue weighted by molar-refractivity contribution is -0.416. The van der Waals surface area contributed by atoms with Crippen LogP contribution in [0.5, 0.6) is 0 Å². The van der Waals surface area contributed by atoms with Crippen LogP contribution in [0.1, 0.15) is 12.5 Å². The number of nitrogens with one attached hydrogen (secondary N) is 4. The van der Waals surface area contributed by atoms with Crippen molar-refractivity contribution < 1.29 is 24.4 Å². The molecule has 0 saturated carbocycles. The maximum atomic E-state index is 13.8. The van der Waals surface area contributed by atoms with Crippen LogP contribution < -0.4 is 15.6 Å². The number of hydrogen-bond acceptors (Lipinski definition) is 6. The lowest BCUT2D eigenvalue weighted by Gasteiger charge is -2.08. The van der Waals surface area contributed by atoms with E-state index in [0.717, 1.165) is 0 Å². The van der Waals surface area contributed by atoms with Gasteiger partial charge in [0.15, 0.2) is 5.52 Å². The largest absolute Gasteiger partial charge is 0.465 e. The molecule has 1 amide bonds. The standard InChI is InChI=1S/C16H17FN6O3S/c1-8(6-24)18-12-11-13(20-14(19-11)23-16(25)26)22-15(21-12)27-7-9-4-2-3-5-10(9)17/h2-5,8,24H,6-7H2,1H3,(H,25,26)(H3,18,19,20,21,22,23)/p+1/t8-/m1/s1. The second-order valence-corrected chi connectivity index (χ2v) is 6.70. The van der Waals surface area contributed by atoms with Gasteiger partial charge >= 0.3 is 6.09 Å². The quantitative estimate of drug-likeness (QED) is 0.306. The summed E-state index contributed by atoms with van der Waals surface area (Å²) in [4.78, 5) is 25.2. The number of anilines is 2. The van der Waals surface area contributed by atoms with Gasteiger partial charge in [-0.1, -0.05) is 23.2 Å². The maximum Gasteiger partial charge on any atom is 0.411 e. The van der Waals surface area contributed by atoms with Gasteiger partial charge in [-0.25, -0.2) is 14.2 Å². The topological polar surface area (TPSA) is 137 Å². The third-order valence-electron chi connectivity index (χ3n) is 3.59. The molecule has 0 aliphatic heterocycles. The first kappa shape index (κ1) is 18.9. The van der Waals surface area contributed by atoms with E-state index in [2.05, 4.69) is 30.6 Å². The van der Waals surface area contributed by atoms with Gasteiger partial charge in [0.1, 0.15) is 5.82 Å². The Morgan fingerprint density at radius 1 is 1.41 bits per heavy atom. The van der Waals surface area contributed by atoms with Crippen molar-refractivity contribution in [3.05, 3.63) is 35.6 Å². The molecule has 11 heteroatoms. The number of hydrogen-bond donors (Lipinski definition) is 5. The first-order valence-corrected chi connectivity index (χ1v) is 9.01. The minimum atomic E-state index is -1.26. The highest BCUT2D eigenvalue weighted by molar-refractivity contribution is 7.98. The summed E-state index contributed by atoms with van der Waals surface area (Å²) in [5, 5.41) is 23.8. The Hall–Kier alpha value is -2.92. The highest BCUT2D eigenvalue weighted by atomic mass is 32.2. The molecular weight excluding hydrogens is 375 g/mol. The van der Waals surface area contributed by atoms with Crippen LogP contribution in [-0.4, -0.2) is 43.9 Å². The van der Waals surface area contributed by atoms with Crippen LogP contribution in [-0.2, 0) is 5.75 Å². The molecule has 0 saturated heterocycles. The zero-order valence-corrected chi connectivity index (χ0v) is 15.1. The van der Waals surface area contributed by atoms with Crippen LogP contribution in [0.15, 0.2) is 29.4 Å². The van der Waals surface area contributed by atoms with Crippen LogP contribution in [0.3, 0.4) is 0 Å². The Kier molecular flexibility index (Phi) is 5.72. The fraction of sp³-hybridized carbons (Fsp3) is 0.250. The Bertz CT molecular complexity index is 966. The molecule has 3 rings (SSSR count). The molecule has 0 aliphatic carbocycles. The summed E-state index contributed by atoms with van der Waals surface area (Å²) in [5.74, 6) is 0.561. The van der Waals surface area contributed by atoms with Crippen LogP contribution in [0, 0.1) is 5.82 Å². The van der Waals surface area contributed by atoms with E-state index >= 15 is 0 Å². The third kappa shape index (κ3) is 4.63. The molecule has 1 aromatic carbocycles. The minimum Gasteiger partial charge on any atom is -0.465 e. The Morgan fingerprint density at radius 2 is 2.19 bits per heavy atom. The number of aliphatic hydroxyl groups is 1. The minimum absolute atomic E-state index is 0.0226. The SMILES string of the molecule is C[C@H](CO)Nc1[nH+]c(SCc2ccccc2F)nc2nc(NC(=O)O)[nH]c12. The number of fused-ring (bicyclic) bond motifs is 1. The summed E-state index contributed by atoms with van der Waals surface area (Å²) >= 11 is 1.27. The monoisotopic (exact) mass is 393 g/mol. The number of nitrogens with zero attached hydrogens (tertiary/aromatic N) is 2. The Labute approximate surface area is 157 Å². The first-order chi connectivity index (χ1) is 13.0. The van der Waals surface area contributed by atoms with Gasteiger partial charge in [0.05, 0.1) is 12.6 Å². The molecule has 2 aromatic heterocycles. The van der Waals surface area contributed by atoms with Crippen LogP contribution in [0.4, 0.5) is 21.0 Å². The molecule has 1 atom stereocenters. The average molecular weight is 393 g/mol. The maximum absolute atomic E-state index is 13.8. The number of amides is 1. The molecule has 0 fully saturated rings. The number of aromatic amines is 2. The van der Waals surface area contributed by atoms with Gasteiger partial charge < -0.3 is 15.2 Å². The van der Waals surface area contributed by atoms with Crippen molar-refractivity contribution in [2.24, 2.45) is 0 Å². The van der Waals surface area contributed by atoms with Gasteiger partial charge in [0, 0.05) is 5.75 Å². The summed E-state index contributed by atoms with van der Waals surface area (Å²) in [6, 6.07) is 6.20. The van der Waals surface area contributed by atoms with E-state index in [4.69, 9.17) is 5.11 Å². The van der Waals surface area contributed by atoms with E-state index < -0.39 is 6.09 Å². The fourth-order valence-electron chi connectivity index (χ4n) is 2.30. The molecule has 142 valence electrons. The van der Waals surface area contributed by atoms with Crippen molar-refractivity contribution in [2.45, 2.75) is 23.9 Å². The molecular formula is C16H18FN6O3S+. The van der Waals surface area contributed by atoms with Gasteiger partial charge in [0.25, 0.3) is 10.8 Å². The molecule has 0 radical (unpaired) electrons. The highest BCUT2D eigenvalue weighted by Crippen LogP contribution is 2.24. The van der Waals surface area contributed by atoms with Gasteiger partial charge in [0.2, 0.25) is 11.8 Å². The number of imidazole rings is 1. The lowest BCUT2D eigenvalue weighted by atomic mass is 10.2. The number of rotatable bonds is 7. The van der Waals surface area contributed by atoms with Gasteiger partial charge in [-0.3, -0.25) is 10.6 Å². The number of halogens is 1. The zero-order valence-electron chi connectivity index (χ0n) is 14.3. The predicted octanol–water partition coefficient (Wildman–Crippen LogP) is 2.09. The number of carboxylic acid groups (broad SMARTS) is 1. The van der Waals surface area contributed by atoms with Crippen LogP contribution in [0.25, 0.3) is 11.2 Å². The molecule has 3 aromatic rings. The number of H-pyrrole nitrogens is 2. The molecule has 27 heavy (non-hydrogen) atoms. The molecule has 9 nitrogen and oxygen atoms in total. The normalized spacial score (nSPS) is 12.1. The number of thioether (sulfide) groups is 1. The molecule has 0 bridgehead atoms. The number of aliphatic hydroxyl groups excluding tert-OH is 1. The highest BCUT2D eigenvalue weighted by Gasteiger charge is 2.21. The van der Waals surface area contributed by atoms with Crippen LogP contribution in [0.2, 0.25) is 0 Å². The van der Waals surface area contributed by atoms with Gasteiger partial charge in [-0.15, -0.1) is 0 Å². The first-order valence-electron chi connectivity index (χ1n) is 8.03. The van der Waals surface area contributed by atoms with Crippen molar-refractivity contribution in [2.75, 3.05) is 17.2 Å². The fourth-order valence-corrected chi connectivity index (χ4v) is 3.16. The molecule has 0 aliphatic rings. The van der Waals surface area contributed by atoms with Crippen LogP contribution >= 0.6 is 11.8 Å². The number of aromatic nitrogens is 4. The van der Waals surface area contributed by atoms with Gasteiger partial charge in [-0.2, -0.15) is 4.98 Å². The van der Waals surface area contributed by atoms with Crippen molar-refractivity contribution in [3.63, 3.8) is 0 Å². The van der Waals surface area contributed by atoms with E-state index in [1.807, 2.05) is 0 Å². The van der Waals surface area contributed by atoms with E-state index in [1.54, 1.807) is 25.1 Å². The second kappa shape index (κ2) is 8.18. The smallest absolute Gasteiger partial charge is 0.411 e. The molecule has 2 heterocycles. The number of benzene rings is 1. The average Bonchev–Trinajstić information content (AvgIpc) is 3.02. The summed E-state index contributed by atoms with van der Waals surface area (Å²) in [5.41, 5.74) is 1.27. The summed E-state index contributed by atoms with van der Waals surface area (Å²) in [6.07, 6.45) is -1.26. The van der Waals surface area contributed by atoms with E-state index in [1.165, 1.54) is 17.8 Å². The van der Waals surface area contributed by atoms with Crippen molar-refractivity contribution in [3.8, 4) is 0 Å². The Balaban J connectivity index is 1.92. The van der Waals surface area contributed by atoms with E-state index in [0.29, 0.717) is 27.8 Å². The summed E-state index contributed by atoms with van der Waals surface area (Å²) in [6.45, 7) is 1.67. The Morgan fingerprint density at radius 3 is 2.89 bits per heavy atom. The van der Waals surface area contributed by atoms with E-state index in [-0.39, 0.29) is 30.1 Å². The molecule has 6 N–H and O–H groups in total.